The van der Waals surface area contributed by atoms with Gasteiger partial charge in [-0.25, -0.2) is 4.98 Å². The van der Waals surface area contributed by atoms with E-state index in [0.717, 1.165) is 24.3 Å². The van der Waals surface area contributed by atoms with Gasteiger partial charge in [0.1, 0.15) is 17.6 Å². The van der Waals surface area contributed by atoms with E-state index in [0.29, 0.717) is 30.3 Å². The number of aromatic nitrogens is 1. The van der Waals surface area contributed by atoms with E-state index < -0.39 is 0 Å². The smallest absolute Gasteiger partial charge is 0.257 e. The molecular formula is C18H22N2O3. The topological polar surface area (TPSA) is 55.6 Å². The summed E-state index contributed by atoms with van der Waals surface area (Å²) < 4.78 is 11.4. The van der Waals surface area contributed by atoms with Crippen LogP contribution in [0.25, 0.3) is 0 Å². The molecule has 23 heavy (non-hydrogen) atoms. The standard InChI is InChI=1S/C18H22N2O3/c1-12-5-4-6-17(19-12)23-15-7-9-20(10-8-15)18(21)16-11-13(2)22-14(16)3/h4-6,11,15H,7-10H2,1-3H3. The number of rotatable bonds is 3. The van der Waals surface area contributed by atoms with Gasteiger partial charge >= 0.3 is 0 Å². The van der Waals surface area contributed by atoms with E-state index in [1.165, 1.54) is 0 Å². The number of hydrogen-bond donors (Lipinski definition) is 0. The molecule has 0 bridgehead atoms. The minimum atomic E-state index is 0.0477. The van der Waals surface area contributed by atoms with Crippen LogP contribution in [-0.2, 0) is 0 Å². The van der Waals surface area contributed by atoms with Crippen LogP contribution in [0.5, 0.6) is 5.88 Å². The van der Waals surface area contributed by atoms with Gasteiger partial charge in [-0.15, -0.1) is 0 Å². The molecule has 0 aromatic carbocycles. The SMILES string of the molecule is Cc1cccc(OC2CCN(C(=O)c3cc(C)oc3C)CC2)n1. The van der Waals surface area contributed by atoms with Crippen molar-refractivity contribution in [3.8, 4) is 5.88 Å². The molecule has 5 heteroatoms. The molecule has 0 aliphatic carbocycles. The van der Waals surface area contributed by atoms with E-state index in [4.69, 9.17) is 9.15 Å². The molecule has 5 nitrogen and oxygen atoms in total. The first-order chi connectivity index (χ1) is 11.0. The first-order valence-electron chi connectivity index (χ1n) is 7.99. The molecule has 0 atom stereocenters. The van der Waals surface area contributed by atoms with Crippen LogP contribution in [0.4, 0.5) is 0 Å². The Morgan fingerprint density at radius 3 is 2.61 bits per heavy atom. The van der Waals surface area contributed by atoms with Gasteiger partial charge in [-0.2, -0.15) is 0 Å². The molecule has 0 radical (unpaired) electrons. The maximum absolute atomic E-state index is 12.6. The Bertz CT molecular complexity index is 700. The van der Waals surface area contributed by atoms with Crippen molar-refractivity contribution in [2.24, 2.45) is 0 Å². The van der Waals surface area contributed by atoms with Gasteiger partial charge in [-0.3, -0.25) is 4.79 Å². The third-order valence-corrected chi connectivity index (χ3v) is 4.15. The van der Waals surface area contributed by atoms with Gasteiger partial charge in [0, 0.05) is 37.7 Å². The van der Waals surface area contributed by atoms with Gasteiger partial charge in [0.05, 0.1) is 5.56 Å². The van der Waals surface area contributed by atoms with Gasteiger partial charge in [-0.1, -0.05) is 6.07 Å². The third-order valence-electron chi connectivity index (χ3n) is 4.15. The molecule has 0 spiro atoms. The number of likely N-dealkylation sites (tertiary alicyclic amines) is 1. The summed E-state index contributed by atoms with van der Waals surface area (Å²) in [5.41, 5.74) is 1.61. The van der Waals surface area contributed by atoms with Crippen molar-refractivity contribution >= 4 is 5.91 Å². The molecule has 3 rings (SSSR count). The van der Waals surface area contributed by atoms with Crippen molar-refractivity contribution in [2.45, 2.75) is 39.7 Å². The average Bonchev–Trinajstić information content (AvgIpc) is 2.86. The Balaban J connectivity index is 1.58. The number of piperidine rings is 1. The van der Waals surface area contributed by atoms with E-state index in [9.17, 15) is 4.79 Å². The number of carbonyl (C=O) groups is 1. The Morgan fingerprint density at radius 1 is 1.26 bits per heavy atom. The molecule has 122 valence electrons. The van der Waals surface area contributed by atoms with E-state index in [1.54, 1.807) is 0 Å². The largest absolute Gasteiger partial charge is 0.474 e. The lowest BCUT2D eigenvalue weighted by Gasteiger charge is -2.31. The number of ether oxygens (including phenoxy) is 1. The predicted octanol–water partition coefficient (Wildman–Crippen LogP) is 3.28. The highest BCUT2D eigenvalue weighted by Crippen LogP contribution is 2.21. The summed E-state index contributed by atoms with van der Waals surface area (Å²) in [6.45, 7) is 7.03. The van der Waals surface area contributed by atoms with Crippen molar-refractivity contribution in [3.63, 3.8) is 0 Å². The van der Waals surface area contributed by atoms with E-state index in [1.807, 2.05) is 49.9 Å². The van der Waals surface area contributed by atoms with Crippen LogP contribution in [0.1, 0.15) is 40.4 Å². The Hall–Kier alpha value is -2.30. The number of amides is 1. The second kappa shape index (κ2) is 6.44. The molecule has 1 saturated heterocycles. The van der Waals surface area contributed by atoms with Crippen molar-refractivity contribution in [1.29, 1.82) is 0 Å². The van der Waals surface area contributed by atoms with E-state index >= 15 is 0 Å². The Labute approximate surface area is 136 Å². The van der Waals surface area contributed by atoms with Crippen LogP contribution in [-0.4, -0.2) is 35.0 Å². The Morgan fingerprint density at radius 2 is 2.00 bits per heavy atom. The first-order valence-corrected chi connectivity index (χ1v) is 7.99. The first kappa shape index (κ1) is 15.6. The summed E-state index contributed by atoms with van der Waals surface area (Å²) in [6, 6.07) is 7.59. The number of pyridine rings is 1. The Kier molecular flexibility index (Phi) is 4.37. The van der Waals surface area contributed by atoms with Gasteiger partial charge in [0.15, 0.2) is 0 Å². The monoisotopic (exact) mass is 314 g/mol. The van der Waals surface area contributed by atoms with Gasteiger partial charge < -0.3 is 14.1 Å². The summed E-state index contributed by atoms with van der Waals surface area (Å²) in [4.78, 5) is 18.8. The van der Waals surface area contributed by atoms with Crippen molar-refractivity contribution in [1.82, 2.24) is 9.88 Å². The van der Waals surface area contributed by atoms with Crippen molar-refractivity contribution in [3.05, 3.63) is 47.0 Å². The second-order valence-electron chi connectivity index (χ2n) is 6.05. The third kappa shape index (κ3) is 3.55. The summed E-state index contributed by atoms with van der Waals surface area (Å²) in [7, 11) is 0. The summed E-state index contributed by atoms with van der Waals surface area (Å²) in [6.07, 6.45) is 1.75. The molecule has 2 aromatic heterocycles. The minimum Gasteiger partial charge on any atom is -0.474 e. The van der Waals surface area contributed by atoms with Crippen LogP contribution in [0.2, 0.25) is 0 Å². The fraction of sp³-hybridized carbons (Fsp3) is 0.444. The predicted molar refractivity (Wildman–Crippen MR) is 86.7 cm³/mol. The lowest BCUT2D eigenvalue weighted by Crippen LogP contribution is -2.41. The molecule has 0 saturated carbocycles. The van der Waals surface area contributed by atoms with Gasteiger partial charge in [-0.05, 0) is 32.9 Å². The number of aryl methyl sites for hydroxylation is 3. The number of nitrogens with zero attached hydrogens (tertiary/aromatic N) is 2. The fourth-order valence-corrected chi connectivity index (χ4v) is 2.94. The highest BCUT2D eigenvalue weighted by atomic mass is 16.5. The lowest BCUT2D eigenvalue weighted by atomic mass is 10.1. The van der Waals surface area contributed by atoms with Crippen LogP contribution in [0.15, 0.2) is 28.7 Å². The summed E-state index contributed by atoms with van der Waals surface area (Å²) in [5, 5.41) is 0. The molecule has 2 aromatic rings. The zero-order valence-corrected chi connectivity index (χ0v) is 13.8. The maximum Gasteiger partial charge on any atom is 0.257 e. The molecule has 3 heterocycles. The van der Waals surface area contributed by atoms with Crippen LogP contribution in [0, 0.1) is 20.8 Å². The molecule has 0 N–H and O–H groups in total. The molecule has 1 aliphatic heterocycles. The zero-order chi connectivity index (χ0) is 16.4. The fourth-order valence-electron chi connectivity index (χ4n) is 2.94. The molecule has 1 aliphatic rings. The highest BCUT2D eigenvalue weighted by molar-refractivity contribution is 5.95. The van der Waals surface area contributed by atoms with Crippen LogP contribution >= 0.6 is 0 Å². The number of furan rings is 1. The average molecular weight is 314 g/mol. The summed E-state index contributed by atoms with van der Waals surface area (Å²) in [5.74, 6) is 2.17. The quantitative estimate of drug-likeness (QED) is 0.872. The van der Waals surface area contributed by atoms with Gasteiger partial charge in [0.2, 0.25) is 5.88 Å². The molecule has 1 amide bonds. The van der Waals surface area contributed by atoms with Crippen molar-refractivity contribution < 1.29 is 13.9 Å². The van der Waals surface area contributed by atoms with Gasteiger partial charge in [0.25, 0.3) is 5.91 Å². The molecule has 0 unspecified atom stereocenters. The lowest BCUT2D eigenvalue weighted by molar-refractivity contribution is 0.0586. The molecule has 1 fully saturated rings. The minimum absolute atomic E-state index is 0.0477. The number of carbonyl (C=O) groups excluding carboxylic acids is 1. The van der Waals surface area contributed by atoms with E-state index in [-0.39, 0.29) is 12.0 Å². The van der Waals surface area contributed by atoms with Crippen LogP contribution < -0.4 is 4.74 Å². The zero-order valence-electron chi connectivity index (χ0n) is 13.8. The summed E-state index contributed by atoms with van der Waals surface area (Å²) >= 11 is 0. The maximum atomic E-state index is 12.6. The van der Waals surface area contributed by atoms with Crippen molar-refractivity contribution in [2.75, 3.05) is 13.1 Å². The molecular weight excluding hydrogens is 292 g/mol. The second-order valence-corrected chi connectivity index (χ2v) is 6.05. The highest BCUT2D eigenvalue weighted by Gasteiger charge is 2.26. The normalized spacial score (nSPS) is 15.7. The van der Waals surface area contributed by atoms with E-state index in [2.05, 4.69) is 4.98 Å². The van der Waals surface area contributed by atoms with Crippen LogP contribution in [0.3, 0.4) is 0 Å². The number of hydrogen-bond acceptors (Lipinski definition) is 4.